The number of rotatable bonds is 4. The zero-order chi connectivity index (χ0) is 22.3. The second-order valence-electron chi connectivity index (χ2n) is 8.75. The van der Waals surface area contributed by atoms with Crippen molar-refractivity contribution >= 4 is 11.9 Å². The summed E-state index contributed by atoms with van der Waals surface area (Å²) in [5.74, 6) is -2.95. The summed E-state index contributed by atoms with van der Waals surface area (Å²) in [7, 11) is 1.94. The van der Waals surface area contributed by atoms with Crippen LogP contribution in [0, 0.1) is 0 Å². The maximum Gasteiger partial charge on any atom is 0.343 e. The van der Waals surface area contributed by atoms with E-state index < -0.39 is 41.3 Å². The first kappa shape index (κ1) is 20.3. The smallest absolute Gasteiger partial charge is 0.343 e. The van der Waals surface area contributed by atoms with E-state index in [4.69, 9.17) is 14.6 Å². The fourth-order valence-electron chi connectivity index (χ4n) is 5.88. The number of likely N-dealkylation sites (N-methyl/N-ethyl adjacent to an activating group) is 1. The predicted octanol–water partition coefficient (Wildman–Crippen LogP) is -0.980. The normalized spacial score (nSPS) is 34.8. The lowest BCUT2D eigenvalue weighted by Gasteiger charge is -2.61. The Morgan fingerprint density at radius 2 is 2.03 bits per heavy atom. The van der Waals surface area contributed by atoms with Crippen molar-refractivity contribution in [2.45, 2.75) is 54.6 Å². The monoisotopic (exact) mass is 433 g/mol. The number of esters is 1. The van der Waals surface area contributed by atoms with E-state index >= 15 is 0 Å². The van der Waals surface area contributed by atoms with Gasteiger partial charge in [0.15, 0.2) is 29.8 Å². The van der Waals surface area contributed by atoms with Crippen LogP contribution in [0.1, 0.15) is 24.0 Å². The number of aliphatic carboxylic acids is 1. The molecule has 2 aliphatic carbocycles. The van der Waals surface area contributed by atoms with Gasteiger partial charge in [-0.3, -0.25) is 0 Å². The number of ether oxygens (including phenoxy) is 2. The molecule has 6 atom stereocenters. The first-order valence-electron chi connectivity index (χ1n) is 10.1. The Balaban J connectivity index is 1.59. The third-order valence-corrected chi connectivity index (χ3v) is 7.37. The number of likely N-dealkylation sites (tertiary alicyclic amines) is 1. The lowest BCUT2D eigenvalue weighted by Crippen LogP contribution is -2.74. The van der Waals surface area contributed by atoms with Crippen LogP contribution < -0.4 is 4.74 Å². The average molecular weight is 433 g/mol. The van der Waals surface area contributed by atoms with E-state index in [0.717, 1.165) is 5.56 Å². The molecule has 10 heteroatoms. The van der Waals surface area contributed by atoms with Crippen molar-refractivity contribution in [3.8, 4) is 11.5 Å². The number of carbonyl (C=O) groups is 2. The minimum atomic E-state index is -2.34. The standard InChI is InChI=1S/C21H23NO9/c1-22-7-6-20-13-9-2-3-10(23)16(13)31-17(20)11(4-5-21(20,29)12(22)8-9)30-19(28)15(25)14(24)18(26)27/h2-4,12,14-15,17,23-25,29H,5-8H2,1H3,(H,26,27)/t12-,14+,15+,17?,20?,21-/m1/s1. The number of carboxylic acids is 1. The number of benzene rings is 1. The van der Waals surface area contributed by atoms with Gasteiger partial charge in [0, 0.05) is 18.0 Å². The third kappa shape index (κ3) is 2.41. The number of aliphatic hydroxyl groups is 3. The highest BCUT2D eigenvalue weighted by Gasteiger charge is 2.72. The van der Waals surface area contributed by atoms with Gasteiger partial charge in [-0.2, -0.15) is 0 Å². The Morgan fingerprint density at radius 1 is 1.29 bits per heavy atom. The van der Waals surface area contributed by atoms with Crippen molar-refractivity contribution < 1.29 is 44.6 Å². The molecule has 0 amide bonds. The minimum Gasteiger partial charge on any atom is -0.504 e. The third-order valence-electron chi connectivity index (χ3n) is 7.37. The second-order valence-corrected chi connectivity index (χ2v) is 8.75. The molecule has 166 valence electrons. The maximum absolute atomic E-state index is 12.3. The highest BCUT2D eigenvalue weighted by atomic mass is 16.6. The van der Waals surface area contributed by atoms with Crippen LogP contribution in [-0.2, 0) is 26.2 Å². The van der Waals surface area contributed by atoms with E-state index in [-0.39, 0.29) is 29.7 Å². The van der Waals surface area contributed by atoms with Crippen molar-refractivity contribution in [1.29, 1.82) is 0 Å². The van der Waals surface area contributed by atoms with Crippen molar-refractivity contribution in [3.63, 3.8) is 0 Å². The van der Waals surface area contributed by atoms with E-state index in [9.17, 15) is 30.0 Å². The minimum absolute atomic E-state index is 0.0121. The van der Waals surface area contributed by atoms with Crippen LogP contribution in [0.25, 0.3) is 0 Å². The summed E-state index contributed by atoms with van der Waals surface area (Å²) >= 11 is 0. The molecule has 31 heavy (non-hydrogen) atoms. The maximum atomic E-state index is 12.3. The molecule has 4 aliphatic rings. The fraction of sp³-hybridized carbons (Fsp3) is 0.524. The number of phenols is 1. The van der Waals surface area contributed by atoms with Crippen molar-refractivity contribution in [3.05, 3.63) is 35.1 Å². The lowest BCUT2D eigenvalue weighted by atomic mass is 9.50. The molecule has 5 rings (SSSR count). The number of aliphatic hydroxyl groups excluding tert-OH is 2. The van der Waals surface area contributed by atoms with Crippen LogP contribution >= 0.6 is 0 Å². The zero-order valence-electron chi connectivity index (χ0n) is 16.7. The Bertz CT molecular complexity index is 1020. The van der Waals surface area contributed by atoms with E-state index in [2.05, 4.69) is 4.90 Å². The van der Waals surface area contributed by atoms with Gasteiger partial charge < -0.3 is 39.9 Å². The van der Waals surface area contributed by atoms with Crippen molar-refractivity contribution in [2.24, 2.45) is 0 Å². The Labute approximate surface area is 176 Å². The first-order valence-corrected chi connectivity index (χ1v) is 10.1. The average Bonchev–Trinajstić information content (AvgIpc) is 3.09. The Morgan fingerprint density at radius 3 is 2.74 bits per heavy atom. The second kappa shape index (κ2) is 6.42. The number of carboxylic acid groups (broad SMARTS) is 1. The molecule has 5 N–H and O–H groups in total. The van der Waals surface area contributed by atoms with Gasteiger partial charge in [-0.1, -0.05) is 6.07 Å². The molecule has 1 aromatic rings. The Kier molecular flexibility index (Phi) is 4.20. The molecule has 1 saturated heterocycles. The molecule has 10 nitrogen and oxygen atoms in total. The van der Waals surface area contributed by atoms with E-state index in [1.54, 1.807) is 0 Å². The summed E-state index contributed by atoms with van der Waals surface area (Å²) in [5.41, 5.74) is -0.583. The van der Waals surface area contributed by atoms with Gasteiger partial charge in [0.05, 0.1) is 11.0 Å². The number of hydrogen-bond donors (Lipinski definition) is 5. The molecule has 2 unspecified atom stereocenters. The van der Waals surface area contributed by atoms with Crippen LogP contribution in [0.15, 0.2) is 24.0 Å². The highest BCUT2D eigenvalue weighted by Crippen LogP contribution is 2.65. The fourth-order valence-corrected chi connectivity index (χ4v) is 5.88. The van der Waals surface area contributed by atoms with Gasteiger partial charge in [-0.05, 0) is 44.1 Å². The summed E-state index contributed by atoms with van der Waals surface area (Å²) < 4.78 is 11.4. The molecule has 1 aromatic carbocycles. The summed E-state index contributed by atoms with van der Waals surface area (Å²) in [4.78, 5) is 25.3. The van der Waals surface area contributed by atoms with Crippen LogP contribution in [-0.4, -0.2) is 85.9 Å². The van der Waals surface area contributed by atoms with Gasteiger partial charge in [0.1, 0.15) is 5.76 Å². The van der Waals surface area contributed by atoms with Gasteiger partial charge in [0.25, 0.3) is 0 Å². The van der Waals surface area contributed by atoms with Crippen LogP contribution in [0.3, 0.4) is 0 Å². The summed E-state index contributed by atoms with van der Waals surface area (Å²) in [6, 6.07) is 3.12. The van der Waals surface area contributed by atoms with Crippen molar-refractivity contribution in [2.75, 3.05) is 13.6 Å². The van der Waals surface area contributed by atoms with Gasteiger partial charge in [-0.15, -0.1) is 0 Å². The van der Waals surface area contributed by atoms with E-state index in [0.29, 0.717) is 24.9 Å². The zero-order valence-corrected chi connectivity index (χ0v) is 16.7. The molecular formula is C21H23NO9. The van der Waals surface area contributed by atoms with E-state index in [1.807, 2.05) is 13.1 Å². The number of aromatic hydroxyl groups is 1. The van der Waals surface area contributed by atoms with E-state index in [1.165, 1.54) is 12.1 Å². The SMILES string of the molecule is CN1CCC23c4c5ccc(O)c4OC2C(OC(=O)[C@@H](O)[C@H](O)C(=O)O)=CC[C@@]3(O)[C@H]1C5. The van der Waals surface area contributed by atoms with Crippen LogP contribution in [0.2, 0.25) is 0 Å². The molecule has 2 bridgehead atoms. The predicted molar refractivity (Wildman–Crippen MR) is 102 cm³/mol. The van der Waals surface area contributed by atoms with Crippen LogP contribution in [0.4, 0.5) is 0 Å². The quantitative estimate of drug-likeness (QED) is 0.374. The Hall–Kier alpha value is -2.66. The molecule has 0 radical (unpaired) electrons. The number of piperidine rings is 1. The highest BCUT2D eigenvalue weighted by molar-refractivity contribution is 5.85. The topological polar surface area (TPSA) is 157 Å². The lowest BCUT2D eigenvalue weighted by molar-refractivity contribution is -0.177. The summed E-state index contributed by atoms with van der Waals surface area (Å²) in [6.07, 6.45) is -2.91. The summed E-state index contributed by atoms with van der Waals surface area (Å²) in [6.45, 7) is 0.642. The largest absolute Gasteiger partial charge is 0.504 e. The first-order chi connectivity index (χ1) is 14.6. The molecular weight excluding hydrogens is 410 g/mol. The molecule has 0 aromatic heterocycles. The molecule has 0 saturated carbocycles. The number of nitrogens with zero attached hydrogens (tertiary/aromatic N) is 1. The van der Waals surface area contributed by atoms with Gasteiger partial charge >= 0.3 is 11.9 Å². The molecule has 2 aliphatic heterocycles. The number of hydrogen-bond acceptors (Lipinski definition) is 9. The van der Waals surface area contributed by atoms with Gasteiger partial charge in [0.2, 0.25) is 0 Å². The van der Waals surface area contributed by atoms with Crippen molar-refractivity contribution in [1.82, 2.24) is 4.90 Å². The van der Waals surface area contributed by atoms with Gasteiger partial charge in [-0.25, -0.2) is 9.59 Å². The number of carbonyl (C=O) groups excluding carboxylic acids is 1. The molecule has 1 spiro atoms. The summed E-state index contributed by atoms with van der Waals surface area (Å²) in [5, 5.41) is 50.5. The molecule has 2 heterocycles. The molecule has 1 fully saturated rings. The number of phenolic OH excluding ortho intramolecular Hbond substituents is 1. The van der Waals surface area contributed by atoms with Crippen LogP contribution in [0.5, 0.6) is 11.5 Å².